The SMILES string of the molecule is COc1ccc(Cl)cc1CC(C#N)c1cc(C)ccc1C. The van der Waals surface area contributed by atoms with Crippen LogP contribution in [0, 0.1) is 25.2 Å². The van der Waals surface area contributed by atoms with Crippen molar-refractivity contribution in [2.24, 2.45) is 0 Å². The van der Waals surface area contributed by atoms with Gasteiger partial charge in [-0.2, -0.15) is 5.26 Å². The summed E-state index contributed by atoms with van der Waals surface area (Å²) >= 11 is 6.06. The van der Waals surface area contributed by atoms with Crippen LogP contribution in [0.1, 0.15) is 28.2 Å². The smallest absolute Gasteiger partial charge is 0.122 e. The molecule has 0 bridgehead atoms. The highest BCUT2D eigenvalue weighted by molar-refractivity contribution is 6.30. The first kappa shape index (κ1) is 15.4. The summed E-state index contributed by atoms with van der Waals surface area (Å²) < 4.78 is 5.37. The predicted octanol–water partition coefficient (Wildman–Crippen LogP) is 4.82. The van der Waals surface area contributed by atoms with Gasteiger partial charge in [0.05, 0.1) is 19.1 Å². The summed E-state index contributed by atoms with van der Waals surface area (Å²) in [7, 11) is 1.63. The van der Waals surface area contributed by atoms with E-state index in [9.17, 15) is 5.26 Å². The van der Waals surface area contributed by atoms with Crippen molar-refractivity contribution in [2.45, 2.75) is 26.2 Å². The highest BCUT2D eigenvalue weighted by Crippen LogP contribution is 2.30. The van der Waals surface area contributed by atoms with E-state index in [1.807, 2.05) is 26.0 Å². The van der Waals surface area contributed by atoms with Gasteiger partial charge in [-0.05, 0) is 55.2 Å². The van der Waals surface area contributed by atoms with Crippen molar-refractivity contribution in [2.75, 3.05) is 7.11 Å². The van der Waals surface area contributed by atoms with Crippen LogP contribution in [0.4, 0.5) is 0 Å². The van der Waals surface area contributed by atoms with E-state index >= 15 is 0 Å². The Hall–Kier alpha value is -1.98. The van der Waals surface area contributed by atoms with Gasteiger partial charge in [-0.15, -0.1) is 0 Å². The molecule has 0 spiro atoms. The van der Waals surface area contributed by atoms with Crippen LogP contribution in [-0.4, -0.2) is 7.11 Å². The van der Waals surface area contributed by atoms with Crippen LogP contribution in [-0.2, 0) is 6.42 Å². The molecule has 0 aliphatic carbocycles. The van der Waals surface area contributed by atoms with Crippen molar-refractivity contribution in [3.63, 3.8) is 0 Å². The van der Waals surface area contributed by atoms with E-state index in [1.54, 1.807) is 13.2 Å². The molecule has 0 fully saturated rings. The highest BCUT2D eigenvalue weighted by atomic mass is 35.5. The first-order valence-corrected chi connectivity index (χ1v) is 7.22. The fourth-order valence-corrected chi connectivity index (χ4v) is 2.68. The Morgan fingerprint density at radius 2 is 1.95 bits per heavy atom. The van der Waals surface area contributed by atoms with Gasteiger partial charge < -0.3 is 4.74 Å². The highest BCUT2D eigenvalue weighted by Gasteiger charge is 2.17. The van der Waals surface area contributed by atoms with Gasteiger partial charge in [-0.25, -0.2) is 0 Å². The summed E-state index contributed by atoms with van der Waals surface area (Å²) in [6, 6.07) is 14.1. The van der Waals surface area contributed by atoms with E-state index in [0.717, 1.165) is 28.0 Å². The Bertz CT molecular complexity index is 688. The maximum Gasteiger partial charge on any atom is 0.122 e. The molecule has 3 heteroatoms. The molecule has 1 unspecified atom stereocenters. The van der Waals surface area contributed by atoms with Crippen molar-refractivity contribution < 1.29 is 4.74 Å². The number of nitriles is 1. The Morgan fingerprint density at radius 1 is 1.19 bits per heavy atom. The predicted molar refractivity (Wildman–Crippen MR) is 86.0 cm³/mol. The van der Waals surface area contributed by atoms with E-state index in [2.05, 4.69) is 24.3 Å². The fraction of sp³-hybridized carbons (Fsp3) is 0.278. The van der Waals surface area contributed by atoms with Gasteiger partial charge in [-0.1, -0.05) is 35.4 Å². The monoisotopic (exact) mass is 299 g/mol. The summed E-state index contributed by atoms with van der Waals surface area (Å²) in [4.78, 5) is 0. The van der Waals surface area contributed by atoms with Crippen LogP contribution in [0.2, 0.25) is 5.02 Å². The van der Waals surface area contributed by atoms with Crippen molar-refractivity contribution in [3.05, 3.63) is 63.7 Å². The summed E-state index contributed by atoms with van der Waals surface area (Å²) in [5.74, 6) is 0.558. The van der Waals surface area contributed by atoms with Gasteiger partial charge in [0.2, 0.25) is 0 Å². The van der Waals surface area contributed by atoms with Crippen LogP contribution in [0.3, 0.4) is 0 Å². The second-order valence-corrected chi connectivity index (χ2v) is 5.64. The fourth-order valence-electron chi connectivity index (χ4n) is 2.49. The topological polar surface area (TPSA) is 33.0 Å². The van der Waals surface area contributed by atoms with E-state index < -0.39 is 0 Å². The first-order valence-electron chi connectivity index (χ1n) is 6.84. The molecule has 21 heavy (non-hydrogen) atoms. The molecule has 0 radical (unpaired) electrons. The quantitative estimate of drug-likeness (QED) is 0.811. The summed E-state index contributed by atoms with van der Waals surface area (Å²) in [5.41, 5.74) is 4.32. The number of nitrogens with zero attached hydrogens (tertiary/aromatic N) is 1. The van der Waals surface area contributed by atoms with E-state index in [4.69, 9.17) is 16.3 Å². The van der Waals surface area contributed by atoms with Crippen LogP contribution in [0.15, 0.2) is 36.4 Å². The maximum absolute atomic E-state index is 9.57. The minimum Gasteiger partial charge on any atom is -0.496 e. The lowest BCUT2D eigenvalue weighted by atomic mass is 9.89. The second kappa shape index (κ2) is 6.65. The molecule has 108 valence electrons. The maximum atomic E-state index is 9.57. The standard InChI is InChI=1S/C18H18ClNO/c1-12-4-5-13(2)17(8-12)15(11-20)9-14-10-16(19)6-7-18(14)21-3/h4-8,10,15H,9H2,1-3H3. The third-order valence-electron chi connectivity index (χ3n) is 3.63. The number of methoxy groups -OCH3 is 1. The van der Waals surface area contributed by atoms with Crippen molar-refractivity contribution in [1.29, 1.82) is 5.26 Å². The van der Waals surface area contributed by atoms with Crippen LogP contribution in [0.25, 0.3) is 0 Å². The van der Waals surface area contributed by atoms with Gasteiger partial charge in [0.15, 0.2) is 0 Å². The molecule has 1 atom stereocenters. The van der Waals surface area contributed by atoms with Gasteiger partial charge >= 0.3 is 0 Å². The first-order chi connectivity index (χ1) is 10.0. The number of hydrogen-bond acceptors (Lipinski definition) is 2. The number of rotatable bonds is 4. The molecule has 0 aliphatic rings. The van der Waals surface area contributed by atoms with Crippen molar-refractivity contribution in [3.8, 4) is 11.8 Å². The average Bonchev–Trinajstić information content (AvgIpc) is 2.47. The van der Waals surface area contributed by atoms with E-state index in [-0.39, 0.29) is 5.92 Å². The normalized spacial score (nSPS) is 11.8. The van der Waals surface area contributed by atoms with Gasteiger partial charge in [0.25, 0.3) is 0 Å². The molecule has 0 aromatic heterocycles. The third kappa shape index (κ3) is 3.56. The van der Waals surface area contributed by atoms with Gasteiger partial charge in [0.1, 0.15) is 5.75 Å². The number of ether oxygens (including phenoxy) is 1. The lowest BCUT2D eigenvalue weighted by Crippen LogP contribution is -2.04. The van der Waals surface area contributed by atoms with Crippen molar-refractivity contribution in [1.82, 2.24) is 0 Å². The molecule has 0 saturated heterocycles. The molecular weight excluding hydrogens is 282 g/mol. The zero-order chi connectivity index (χ0) is 15.4. The molecule has 2 aromatic carbocycles. The van der Waals surface area contributed by atoms with Crippen LogP contribution in [0.5, 0.6) is 5.75 Å². The Morgan fingerprint density at radius 3 is 2.62 bits per heavy atom. The summed E-state index contributed by atoms with van der Waals surface area (Å²) in [5, 5.41) is 10.2. The number of halogens is 1. The molecule has 2 nitrogen and oxygen atoms in total. The number of benzene rings is 2. The molecule has 0 saturated carbocycles. The minimum absolute atomic E-state index is 0.211. The van der Waals surface area contributed by atoms with Gasteiger partial charge in [0, 0.05) is 5.02 Å². The Balaban J connectivity index is 2.38. The molecular formula is C18H18ClNO. The molecule has 2 rings (SSSR count). The average molecular weight is 300 g/mol. The molecule has 2 aromatic rings. The van der Waals surface area contributed by atoms with Crippen molar-refractivity contribution >= 4 is 11.6 Å². The van der Waals surface area contributed by atoms with E-state index in [0.29, 0.717) is 11.4 Å². The van der Waals surface area contributed by atoms with Gasteiger partial charge in [-0.3, -0.25) is 0 Å². The molecule has 0 amide bonds. The van der Waals surface area contributed by atoms with Crippen LogP contribution < -0.4 is 4.74 Å². The molecule has 0 N–H and O–H groups in total. The number of hydrogen-bond donors (Lipinski definition) is 0. The lowest BCUT2D eigenvalue weighted by Gasteiger charge is -2.15. The Kier molecular flexibility index (Phi) is 4.88. The number of aryl methyl sites for hydroxylation is 2. The molecule has 0 heterocycles. The van der Waals surface area contributed by atoms with E-state index in [1.165, 1.54) is 0 Å². The second-order valence-electron chi connectivity index (χ2n) is 5.20. The zero-order valence-corrected chi connectivity index (χ0v) is 13.2. The Labute approximate surface area is 130 Å². The lowest BCUT2D eigenvalue weighted by molar-refractivity contribution is 0.409. The zero-order valence-electron chi connectivity index (χ0n) is 12.5. The largest absolute Gasteiger partial charge is 0.496 e. The van der Waals surface area contributed by atoms with Crippen LogP contribution >= 0.6 is 11.6 Å². The molecule has 0 aliphatic heterocycles. The summed E-state index contributed by atoms with van der Waals surface area (Å²) in [6.45, 7) is 4.08. The minimum atomic E-state index is -0.211. The summed E-state index contributed by atoms with van der Waals surface area (Å²) in [6.07, 6.45) is 0.588. The third-order valence-corrected chi connectivity index (χ3v) is 3.87.